The van der Waals surface area contributed by atoms with Gasteiger partial charge in [-0.2, -0.15) is 0 Å². The lowest BCUT2D eigenvalue weighted by atomic mass is 10.2. The molecule has 5 nitrogen and oxygen atoms in total. The highest BCUT2D eigenvalue weighted by atomic mass is 32.2. The van der Waals surface area contributed by atoms with Gasteiger partial charge in [0.15, 0.2) is 9.84 Å². The molecule has 1 atom stereocenters. The van der Waals surface area contributed by atoms with Crippen LogP contribution >= 0.6 is 11.8 Å². The summed E-state index contributed by atoms with van der Waals surface area (Å²) in [5.74, 6) is -0.0955. The van der Waals surface area contributed by atoms with Gasteiger partial charge in [-0.15, -0.1) is 0 Å². The number of amides is 2. The van der Waals surface area contributed by atoms with Crippen molar-refractivity contribution in [1.29, 1.82) is 0 Å². The molecule has 0 aromatic carbocycles. The van der Waals surface area contributed by atoms with E-state index < -0.39 is 15.9 Å². The van der Waals surface area contributed by atoms with E-state index in [1.165, 1.54) is 0 Å². The first-order valence-electron chi connectivity index (χ1n) is 4.19. The largest absolute Gasteiger partial charge is 0.289 e. The first-order valence-corrected chi connectivity index (χ1v) is 6.99. The Labute approximate surface area is 85.7 Å². The standard InChI is InChI=1S/C7H9NO4S2/c9-6-3-13-7(10)8(6)5-1-2-14(11,12)4-5/h5H,1-4H2/t5-/m1/s1. The number of nitrogens with zero attached hydrogens (tertiary/aromatic N) is 1. The molecule has 0 spiro atoms. The summed E-state index contributed by atoms with van der Waals surface area (Å²) in [7, 11) is -3.04. The molecule has 14 heavy (non-hydrogen) atoms. The van der Waals surface area contributed by atoms with Crippen LogP contribution < -0.4 is 0 Å². The summed E-state index contributed by atoms with van der Waals surface area (Å²) in [5.41, 5.74) is 0. The van der Waals surface area contributed by atoms with Crippen LogP contribution in [-0.2, 0) is 14.6 Å². The molecule has 2 amide bonds. The molecule has 0 aliphatic carbocycles. The van der Waals surface area contributed by atoms with E-state index in [9.17, 15) is 18.0 Å². The molecule has 2 aliphatic heterocycles. The topological polar surface area (TPSA) is 71.5 Å². The van der Waals surface area contributed by atoms with Gasteiger partial charge in [-0.05, 0) is 6.42 Å². The first kappa shape index (κ1) is 9.97. The average molecular weight is 235 g/mol. The van der Waals surface area contributed by atoms with Gasteiger partial charge in [0.2, 0.25) is 5.91 Å². The molecule has 0 aromatic heterocycles. The molecule has 7 heteroatoms. The highest BCUT2D eigenvalue weighted by Gasteiger charge is 2.41. The van der Waals surface area contributed by atoms with Crippen molar-refractivity contribution < 1.29 is 18.0 Å². The summed E-state index contributed by atoms with van der Waals surface area (Å²) >= 11 is 0.943. The number of carbonyl (C=O) groups excluding carboxylic acids is 2. The van der Waals surface area contributed by atoms with Crippen LogP contribution in [0, 0.1) is 0 Å². The molecular weight excluding hydrogens is 226 g/mol. The minimum atomic E-state index is -3.04. The van der Waals surface area contributed by atoms with Crippen molar-refractivity contribution in [2.24, 2.45) is 0 Å². The third-order valence-electron chi connectivity index (χ3n) is 2.36. The third-order valence-corrected chi connectivity index (χ3v) is 4.94. The molecule has 2 rings (SSSR count). The van der Waals surface area contributed by atoms with Crippen LogP contribution in [0.25, 0.3) is 0 Å². The van der Waals surface area contributed by atoms with Crippen LogP contribution in [0.2, 0.25) is 0 Å². The second-order valence-corrected chi connectivity index (χ2v) is 6.53. The Morgan fingerprint density at radius 1 is 1.36 bits per heavy atom. The summed E-state index contributed by atoms with van der Waals surface area (Å²) in [4.78, 5) is 23.6. The Morgan fingerprint density at radius 2 is 2.07 bits per heavy atom. The van der Waals surface area contributed by atoms with Gasteiger partial charge in [0.1, 0.15) is 0 Å². The van der Waals surface area contributed by atoms with E-state index in [0.717, 1.165) is 16.7 Å². The number of rotatable bonds is 1. The smallest absolute Gasteiger partial charge is 0.273 e. The van der Waals surface area contributed by atoms with Gasteiger partial charge in [-0.1, -0.05) is 11.8 Å². The average Bonchev–Trinajstić information content (AvgIpc) is 2.56. The van der Waals surface area contributed by atoms with Gasteiger partial charge in [-0.25, -0.2) is 8.42 Å². The van der Waals surface area contributed by atoms with Gasteiger partial charge >= 0.3 is 0 Å². The number of sulfone groups is 1. The molecule has 78 valence electrons. The maximum Gasteiger partial charge on any atom is 0.289 e. The first-order chi connectivity index (χ1) is 6.49. The summed E-state index contributed by atoms with van der Waals surface area (Å²) in [5, 5.41) is -0.308. The molecule has 2 fully saturated rings. The molecule has 0 bridgehead atoms. The number of hydrogen-bond donors (Lipinski definition) is 0. The fraction of sp³-hybridized carbons (Fsp3) is 0.714. The Morgan fingerprint density at radius 3 is 2.50 bits per heavy atom. The maximum atomic E-state index is 11.3. The molecule has 0 radical (unpaired) electrons. The zero-order valence-corrected chi connectivity index (χ0v) is 8.94. The highest BCUT2D eigenvalue weighted by molar-refractivity contribution is 8.14. The Balaban J connectivity index is 2.17. The maximum absolute atomic E-state index is 11.3. The second-order valence-electron chi connectivity index (χ2n) is 3.38. The monoisotopic (exact) mass is 235 g/mol. The minimum absolute atomic E-state index is 0.0644. The molecule has 0 aromatic rings. The van der Waals surface area contributed by atoms with Crippen molar-refractivity contribution in [3.05, 3.63) is 0 Å². The highest BCUT2D eigenvalue weighted by Crippen LogP contribution is 2.26. The number of thioether (sulfide) groups is 1. The van der Waals surface area contributed by atoms with E-state index in [1.807, 2.05) is 0 Å². The molecule has 0 saturated carbocycles. The van der Waals surface area contributed by atoms with Crippen molar-refractivity contribution in [3.8, 4) is 0 Å². The van der Waals surface area contributed by atoms with Crippen LogP contribution in [0.3, 0.4) is 0 Å². The minimum Gasteiger partial charge on any atom is -0.273 e. The van der Waals surface area contributed by atoms with Crippen molar-refractivity contribution in [2.45, 2.75) is 12.5 Å². The summed E-state index contributed by atoms with van der Waals surface area (Å²) in [6.07, 6.45) is 0.389. The van der Waals surface area contributed by atoms with Crippen LogP contribution in [0.1, 0.15) is 6.42 Å². The fourth-order valence-electron chi connectivity index (χ4n) is 1.70. The van der Waals surface area contributed by atoms with E-state index in [2.05, 4.69) is 0 Å². The lowest BCUT2D eigenvalue weighted by molar-refractivity contribution is -0.125. The van der Waals surface area contributed by atoms with Crippen molar-refractivity contribution in [3.63, 3.8) is 0 Å². The fourth-order valence-corrected chi connectivity index (χ4v) is 4.17. The number of carbonyl (C=O) groups is 2. The van der Waals surface area contributed by atoms with E-state index in [0.29, 0.717) is 6.42 Å². The van der Waals surface area contributed by atoms with E-state index >= 15 is 0 Å². The Kier molecular flexibility index (Phi) is 2.30. The zero-order chi connectivity index (χ0) is 10.3. The lowest BCUT2D eigenvalue weighted by Crippen LogP contribution is -2.39. The van der Waals surface area contributed by atoms with Crippen LogP contribution in [0.15, 0.2) is 0 Å². The van der Waals surface area contributed by atoms with Gasteiger partial charge in [0.05, 0.1) is 23.3 Å². The summed E-state index contributed by atoms with van der Waals surface area (Å²) in [6.45, 7) is 0. The van der Waals surface area contributed by atoms with Crippen LogP contribution in [-0.4, -0.2) is 47.8 Å². The summed E-state index contributed by atoms with van der Waals surface area (Å²) in [6, 6.07) is -0.421. The van der Waals surface area contributed by atoms with E-state index in [4.69, 9.17) is 0 Å². The number of hydrogen-bond acceptors (Lipinski definition) is 5. The summed E-state index contributed by atoms with van der Waals surface area (Å²) < 4.78 is 22.3. The zero-order valence-electron chi connectivity index (χ0n) is 7.30. The predicted octanol–water partition coefficient (Wildman–Crippen LogP) is -0.131. The molecular formula is C7H9NO4S2. The number of imide groups is 1. The molecule has 0 unspecified atom stereocenters. The van der Waals surface area contributed by atoms with E-state index in [1.54, 1.807) is 0 Å². The molecule has 2 saturated heterocycles. The second kappa shape index (κ2) is 3.23. The molecule has 2 heterocycles. The molecule has 0 N–H and O–H groups in total. The van der Waals surface area contributed by atoms with Crippen LogP contribution in [0.5, 0.6) is 0 Å². The predicted molar refractivity (Wildman–Crippen MR) is 51.8 cm³/mol. The van der Waals surface area contributed by atoms with E-state index in [-0.39, 0.29) is 28.4 Å². The van der Waals surface area contributed by atoms with Crippen molar-refractivity contribution in [1.82, 2.24) is 4.90 Å². The van der Waals surface area contributed by atoms with Crippen molar-refractivity contribution >= 4 is 32.7 Å². The third kappa shape index (κ3) is 1.66. The quantitative estimate of drug-likeness (QED) is 0.633. The Hall–Kier alpha value is -0.560. The molecule has 2 aliphatic rings. The normalized spacial score (nSPS) is 31.4. The van der Waals surface area contributed by atoms with Gasteiger partial charge < -0.3 is 0 Å². The van der Waals surface area contributed by atoms with Gasteiger partial charge in [0.25, 0.3) is 5.24 Å². The van der Waals surface area contributed by atoms with Gasteiger partial charge in [0, 0.05) is 0 Å². The van der Waals surface area contributed by atoms with Crippen molar-refractivity contribution in [2.75, 3.05) is 17.3 Å². The Bertz CT molecular complexity index is 372. The lowest BCUT2D eigenvalue weighted by Gasteiger charge is -2.18. The SMILES string of the molecule is O=C1CSC(=O)N1[C@@H]1CCS(=O)(=O)C1. The van der Waals surface area contributed by atoms with Crippen LogP contribution in [0.4, 0.5) is 4.79 Å². The van der Waals surface area contributed by atoms with Gasteiger partial charge in [-0.3, -0.25) is 14.5 Å².